The van der Waals surface area contributed by atoms with Crippen LogP contribution in [0.4, 0.5) is 5.69 Å². The molecule has 0 saturated carbocycles. The summed E-state index contributed by atoms with van der Waals surface area (Å²) in [4.78, 5) is 24.9. The van der Waals surface area contributed by atoms with Gasteiger partial charge in [0.1, 0.15) is 6.04 Å². The number of ether oxygens (including phenoxy) is 1. The monoisotopic (exact) mass is 287 g/mol. The van der Waals surface area contributed by atoms with Crippen LogP contribution >= 0.6 is 23.2 Å². The Morgan fingerprint density at radius 3 is 2.50 bits per heavy atom. The van der Waals surface area contributed by atoms with Gasteiger partial charge in [-0.05, 0) is 24.6 Å². The van der Waals surface area contributed by atoms with Crippen LogP contribution in [0.1, 0.15) is 12.8 Å². The molecule has 1 aromatic carbocycles. The number of nitrogens with zero attached hydrogens (tertiary/aromatic N) is 1. The van der Waals surface area contributed by atoms with Crippen molar-refractivity contribution >= 4 is 40.8 Å². The van der Waals surface area contributed by atoms with E-state index in [2.05, 4.69) is 0 Å². The Kier molecular flexibility index (Phi) is 3.78. The van der Waals surface area contributed by atoms with E-state index in [0.29, 0.717) is 28.6 Å². The maximum atomic E-state index is 11.9. The van der Waals surface area contributed by atoms with Gasteiger partial charge < -0.3 is 4.74 Å². The van der Waals surface area contributed by atoms with Crippen LogP contribution in [-0.2, 0) is 14.3 Å². The lowest BCUT2D eigenvalue weighted by Crippen LogP contribution is -2.39. The van der Waals surface area contributed by atoms with E-state index < -0.39 is 12.0 Å². The molecule has 0 N–H and O–H groups in total. The van der Waals surface area contributed by atoms with Gasteiger partial charge in [-0.1, -0.05) is 23.2 Å². The number of esters is 1. The van der Waals surface area contributed by atoms with E-state index in [1.165, 1.54) is 12.0 Å². The second-order valence-electron chi connectivity index (χ2n) is 3.97. The van der Waals surface area contributed by atoms with Crippen LogP contribution in [0.15, 0.2) is 18.2 Å². The third-order valence-corrected chi connectivity index (χ3v) is 3.25. The molecule has 0 aliphatic carbocycles. The molecule has 0 radical (unpaired) electrons. The van der Waals surface area contributed by atoms with Crippen molar-refractivity contribution in [1.82, 2.24) is 0 Å². The molecule has 0 aromatic heterocycles. The predicted molar refractivity (Wildman–Crippen MR) is 69.0 cm³/mol. The molecule has 1 saturated heterocycles. The zero-order chi connectivity index (χ0) is 13.3. The summed E-state index contributed by atoms with van der Waals surface area (Å²) in [5.74, 6) is -0.569. The van der Waals surface area contributed by atoms with Gasteiger partial charge in [-0.3, -0.25) is 9.69 Å². The minimum Gasteiger partial charge on any atom is -0.467 e. The Labute approximate surface area is 114 Å². The largest absolute Gasteiger partial charge is 0.467 e. The van der Waals surface area contributed by atoms with Gasteiger partial charge in [-0.2, -0.15) is 0 Å². The fourth-order valence-electron chi connectivity index (χ4n) is 2.05. The average molecular weight is 288 g/mol. The number of hydrogen-bond acceptors (Lipinski definition) is 3. The minimum atomic E-state index is -0.600. The molecule has 18 heavy (non-hydrogen) atoms. The highest BCUT2D eigenvalue weighted by molar-refractivity contribution is 6.35. The number of rotatable bonds is 2. The van der Waals surface area contributed by atoms with E-state index in [0.717, 1.165) is 0 Å². The first-order valence-corrected chi connectivity index (χ1v) is 6.14. The smallest absolute Gasteiger partial charge is 0.328 e. The fraction of sp³-hybridized carbons (Fsp3) is 0.333. The first-order chi connectivity index (χ1) is 8.52. The molecule has 1 fully saturated rings. The van der Waals surface area contributed by atoms with Crippen LogP contribution in [0.25, 0.3) is 0 Å². The molecular weight excluding hydrogens is 277 g/mol. The third kappa shape index (κ3) is 2.44. The number of carbonyl (C=O) groups is 2. The van der Waals surface area contributed by atoms with Gasteiger partial charge in [0.25, 0.3) is 0 Å². The molecule has 1 amide bonds. The molecule has 1 aliphatic rings. The van der Waals surface area contributed by atoms with E-state index in [9.17, 15) is 9.59 Å². The molecule has 1 aliphatic heterocycles. The summed E-state index contributed by atoms with van der Waals surface area (Å²) in [7, 11) is 1.30. The molecule has 0 bridgehead atoms. The highest BCUT2D eigenvalue weighted by Crippen LogP contribution is 2.31. The van der Waals surface area contributed by atoms with Crippen molar-refractivity contribution in [2.45, 2.75) is 18.9 Å². The van der Waals surface area contributed by atoms with Crippen molar-refractivity contribution in [3.63, 3.8) is 0 Å². The van der Waals surface area contributed by atoms with Gasteiger partial charge in [-0.25, -0.2) is 4.79 Å². The zero-order valence-electron chi connectivity index (χ0n) is 9.65. The maximum Gasteiger partial charge on any atom is 0.328 e. The standard InChI is InChI=1S/C12H11Cl2NO3/c1-18-12(17)10-2-3-11(16)15(10)9-5-7(13)4-8(14)6-9/h4-6,10H,2-3H2,1H3. The molecule has 1 atom stereocenters. The molecule has 0 spiro atoms. The summed E-state index contributed by atoms with van der Waals surface area (Å²) in [6, 6.07) is 4.18. The first kappa shape index (κ1) is 13.2. The highest BCUT2D eigenvalue weighted by atomic mass is 35.5. The van der Waals surface area contributed by atoms with Crippen LogP contribution in [0, 0.1) is 0 Å². The van der Waals surface area contributed by atoms with Crippen molar-refractivity contribution in [1.29, 1.82) is 0 Å². The van der Waals surface area contributed by atoms with Gasteiger partial charge in [-0.15, -0.1) is 0 Å². The summed E-state index contributed by atoms with van der Waals surface area (Å²) in [6.07, 6.45) is 0.750. The molecule has 4 nitrogen and oxygen atoms in total. The number of carbonyl (C=O) groups excluding carboxylic acids is 2. The number of methoxy groups -OCH3 is 1. The summed E-state index contributed by atoms with van der Waals surface area (Å²) >= 11 is 11.8. The average Bonchev–Trinajstić information content (AvgIpc) is 2.69. The van der Waals surface area contributed by atoms with E-state index >= 15 is 0 Å². The topological polar surface area (TPSA) is 46.6 Å². The summed E-state index contributed by atoms with van der Waals surface area (Å²) < 4.78 is 4.70. The Balaban J connectivity index is 2.39. The van der Waals surface area contributed by atoms with Crippen molar-refractivity contribution in [3.05, 3.63) is 28.2 Å². The normalized spacial score (nSPS) is 19.2. The van der Waals surface area contributed by atoms with E-state index in [4.69, 9.17) is 27.9 Å². The van der Waals surface area contributed by atoms with Crippen molar-refractivity contribution in [2.75, 3.05) is 12.0 Å². The molecule has 1 heterocycles. The number of hydrogen-bond donors (Lipinski definition) is 0. The second-order valence-corrected chi connectivity index (χ2v) is 4.84. The van der Waals surface area contributed by atoms with Crippen LogP contribution in [0.5, 0.6) is 0 Å². The van der Waals surface area contributed by atoms with Gasteiger partial charge in [0.15, 0.2) is 0 Å². The van der Waals surface area contributed by atoms with Gasteiger partial charge >= 0.3 is 5.97 Å². The lowest BCUT2D eigenvalue weighted by molar-refractivity contribution is -0.142. The minimum absolute atomic E-state index is 0.135. The van der Waals surface area contributed by atoms with E-state index in [-0.39, 0.29) is 5.91 Å². The van der Waals surface area contributed by atoms with Crippen LogP contribution in [0.3, 0.4) is 0 Å². The van der Waals surface area contributed by atoms with Gasteiger partial charge in [0, 0.05) is 22.2 Å². The molecule has 2 rings (SSSR count). The fourth-order valence-corrected chi connectivity index (χ4v) is 2.56. The molecule has 1 unspecified atom stereocenters. The highest BCUT2D eigenvalue weighted by Gasteiger charge is 2.38. The van der Waals surface area contributed by atoms with Gasteiger partial charge in [0.05, 0.1) is 7.11 Å². The Bertz CT molecular complexity index is 484. The molecule has 96 valence electrons. The molecular formula is C12H11Cl2NO3. The maximum absolute atomic E-state index is 11.9. The Morgan fingerprint density at radius 2 is 1.94 bits per heavy atom. The quantitative estimate of drug-likeness (QED) is 0.786. The number of benzene rings is 1. The summed E-state index contributed by atoms with van der Waals surface area (Å²) in [6.45, 7) is 0. The SMILES string of the molecule is COC(=O)C1CCC(=O)N1c1cc(Cl)cc(Cl)c1. The second kappa shape index (κ2) is 5.16. The first-order valence-electron chi connectivity index (χ1n) is 5.39. The molecule has 1 aromatic rings. The number of halogens is 2. The lowest BCUT2D eigenvalue weighted by Gasteiger charge is -2.23. The van der Waals surface area contributed by atoms with Crippen molar-refractivity contribution < 1.29 is 14.3 Å². The predicted octanol–water partition coefficient (Wildman–Crippen LogP) is 2.66. The van der Waals surface area contributed by atoms with Crippen LogP contribution in [-0.4, -0.2) is 25.0 Å². The third-order valence-electron chi connectivity index (χ3n) is 2.81. The zero-order valence-corrected chi connectivity index (χ0v) is 11.2. The Morgan fingerprint density at radius 1 is 1.33 bits per heavy atom. The number of anilines is 1. The number of amides is 1. The lowest BCUT2D eigenvalue weighted by atomic mass is 10.2. The Hall–Kier alpha value is -1.26. The van der Waals surface area contributed by atoms with Gasteiger partial charge in [0.2, 0.25) is 5.91 Å². The van der Waals surface area contributed by atoms with E-state index in [1.54, 1.807) is 18.2 Å². The summed E-state index contributed by atoms with van der Waals surface area (Å²) in [5, 5.41) is 0.835. The molecule has 6 heteroatoms. The van der Waals surface area contributed by atoms with Crippen molar-refractivity contribution in [3.8, 4) is 0 Å². The van der Waals surface area contributed by atoms with Crippen LogP contribution < -0.4 is 4.90 Å². The summed E-state index contributed by atoms with van der Waals surface area (Å²) in [5.41, 5.74) is 0.519. The van der Waals surface area contributed by atoms with Crippen LogP contribution in [0.2, 0.25) is 10.0 Å². The van der Waals surface area contributed by atoms with E-state index in [1.807, 2.05) is 0 Å². The van der Waals surface area contributed by atoms with Crippen molar-refractivity contribution in [2.24, 2.45) is 0 Å².